The summed E-state index contributed by atoms with van der Waals surface area (Å²) in [5.41, 5.74) is 4.77. The van der Waals surface area contributed by atoms with Gasteiger partial charge in [0, 0.05) is 5.75 Å². The van der Waals surface area contributed by atoms with Crippen molar-refractivity contribution in [3.05, 3.63) is 90.1 Å². The lowest BCUT2D eigenvalue weighted by molar-refractivity contribution is 0.828. The highest BCUT2D eigenvalue weighted by Gasteiger charge is 2.18. The zero-order valence-electron chi connectivity index (χ0n) is 16.7. The minimum absolute atomic E-state index is 0.543. The Morgan fingerprint density at radius 1 is 0.935 bits per heavy atom. The van der Waals surface area contributed by atoms with Gasteiger partial charge in [0.25, 0.3) is 0 Å². The molecule has 0 radical (unpaired) electrons. The summed E-state index contributed by atoms with van der Waals surface area (Å²) in [5.74, 6) is 0.543. The van der Waals surface area contributed by atoms with Crippen molar-refractivity contribution in [3.8, 4) is 17.4 Å². The topological polar surface area (TPSA) is 85.2 Å². The van der Waals surface area contributed by atoms with Gasteiger partial charge in [-0.1, -0.05) is 48.2 Å². The van der Waals surface area contributed by atoms with Crippen LogP contribution in [0.3, 0.4) is 0 Å². The van der Waals surface area contributed by atoms with Gasteiger partial charge in [-0.15, -0.1) is 0 Å². The van der Waals surface area contributed by atoms with Gasteiger partial charge in [-0.05, 0) is 31.2 Å². The number of nitriles is 1. The summed E-state index contributed by atoms with van der Waals surface area (Å²) in [5, 5.41) is 20.5. The molecule has 31 heavy (non-hydrogen) atoms. The fraction of sp³-hybridized carbons (Fsp3) is 0.0870. The van der Waals surface area contributed by atoms with Crippen LogP contribution in [-0.4, -0.2) is 29.5 Å². The number of benzene rings is 2. The van der Waals surface area contributed by atoms with Gasteiger partial charge in [-0.2, -0.15) is 15.5 Å². The summed E-state index contributed by atoms with van der Waals surface area (Å²) < 4.78 is 3.65. The molecule has 0 bridgehead atoms. The second kappa shape index (κ2) is 8.05. The third-order valence-corrected chi connectivity index (χ3v) is 5.96. The first-order valence-electron chi connectivity index (χ1n) is 9.67. The van der Waals surface area contributed by atoms with E-state index in [0.29, 0.717) is 17.0 Å². The van der Waals surface area contributed by atoms with Gasteiger partial charge in [0.15, 0.2) is 5.65 Å². The molecule has 3 aromatic heterocycles. The lowest BCUT2D eigenvalue weighted by atomic mass is 10.2. The average Bonchev–Trinajstić information content (AvgIpc) is 3.40. The number of hydrogen-bond donors (Lipinski definition) is 0. The lowest BCUT2D eigenvalue weighted by Crippen LogP contribution is -2.02. The highest BCUT2D eigenvalue weighted by atomic mass is 32.2. The van der Waals surface area contributed by atoms with Crippen LogP contribution in [0.4, 0.5) is 0 Å². The molecule has 0 aliphatic heterocycles. The Labute approximate surface area is 183 Å². The van der Waals surface area contributed by atoms with Crippen LogP contribution in [0.25, 0.3) is 22.4 Å². The van der Waals surface area contributed by atoms with E-state index in [-0.39, 0.29) is 0 Å². The summed E-state index contributed by atoms with van der Waals surface area (Å²) in [7, 11) is 0. The quantitative estimate of drug-likeness (QED) is 0.306. The van der Waals surface area contributed by atoms with Crippen LogP contribution in [0, 0.1) is 18.3 Å². The fourth-order valence-corrected chi connectivity index (χ4v) is 4.43. The average molecular weight is 424 g/mol. The molecule has 8 heteroatoms. The van der Waals surface area contributed by atoms with E-state index in [1.165, 1.54) is 0 Å². The maximum atomic E-state index is 9.71. The number of aryl methyl sites for hydroxylation is 1. The molecule has 0 unspecified atom stereocenters. The summed E-state index contributed by atoms with van der Waals surface area (Å²) in [4.78, 5) is 8.92. The molecule has 5 rings (SSSR count). The van der Waals surface area contributed by atoms with Crippen molar-refractivity contribution in [2.75, 3.05) is 0 Å². The minimum atomic E-state index is 0.543. The molecule has 2 aromatic carbocycles. The van der Waals surface area contributed by atoms with Crippen LogP contribution in [0.1, 0.15) is 17.0 Å². The van der Waals surface area contributed by atoms with E-state index < -0.39 is 0 Å². The van der Waals surface area contributed by atoms with Gasteiger partial charge < -0.3 is 0 Å². The monoisotopic (exact) mass is 423 g/mol. The Kier molecular flexibility index (Phi) is 4.94. The first-order chi connectivity index (χ1) is 15.3. The van der Waals surface area contributed by atoms with Crippen LogP contribution in [0.15, 0.2) is 78.2 Å². The molecule has 5 aromatic rings. The maximum Gasteiger partial charge on any atom is 0.167 e. The van der Waals surface area contributed by atoms with E-state index in [1.807, 2.05) is 72.3 Å². The summed E-state index contributed by atoms with van der Waals surface area (Å²) in [6.07, 6.45) is 3.34. The Balaban J connectivity index is 1.52. The number of rotatable bonds is 5. The molecular weight excluding hydrogens is 406 g/mol. The van der Waals surface area contributed by atoms with Gasteiger partial charge in [-0.25, -0.2) is 19.3 Å². The van der Waals surface area contributed by atoms with Crippen LogP contribution in [0.5, 0.6) is 0 Å². The van der Waals surface area contributed by atoms with Crippen molar-refractivity contribution in [1.29, 1.82) is 5.26 Å². The van der Waals surface area contributed by atoms with E-state index in [9.17, 15) is 5.26 Å². The number of nitrogens with zero attached hydrogens (tertiary/aromatic N) is 7. The molecule has 3 heterocycles. The van der Waals surface area contributed by atoms with Gasteiger partial charge in [0.05, 0.1) is 39.9 Å². The van der Waals surface area contributed by atoms with Crippen molar-refractivity contribution in [3.63, 3.8) is 0 Å². The maximum absolute atomic E-state index is 9.71. The zero-order chi connectivity index (χ0) is 21.2. The lowest BCUT2D eigenvalue weighted by Gasteiger charge is -2.08. The number of fused-ring (bicyclic) bond motifs is 1. The second-order valence-electron chi connectivity index (χ2n) is 6.86. The number of thioether (sulfide) groups is 1. The molecule has 0 N–H and O–H groups in total. The van der Waals surface area contributed by atoms with Gasteiger partial charge >= 0.3 is 0 Å². The highest BCUT2D eigenvalue weighted by molar-refractivity contribution is 7.98. The van der Waals surface area contributed by atoms with Gasteiger partial charge in [0.1, 0.15) is 17.4 Å². The highest BCUT2D eigenvalue weighted by Crippen LogP contribution is 2.30. The Morgan fingerprint density at radius 3 is 2.29 bits per heavy atom. The SMILES string of the molecule is Cc1nn(-c2ccccc2)c(CSc2ncnc3c2cnn3-c2ccccc2)c1C#N. The van der Waals surface area contributed by atoms with Crippen molar-refractivity contribution in [1.82, 2.24) is 29.5 Å². The van der Waals surface area contributed by atoms with Gasteiger partial charge in [-0.3, -0.25) is 0 Å². The van der Waals surface area contributed by atoms with Crippen LogP contribution < -0.4 is 0 Å². The van der Waals surface area contributed by atoms with E-state index in [2.05, 4.69) is 26.2 Å². The van der Waals surface area contributed by atoms with Crippen LogP contribution in [0.2, 0.25) is 0 Å². The minimum Gasteiger partial charge on any atom is -0.235 e. The molecule has 0 saturated carbocycles. The number of aromatic nitrogens is 6. The van der Waals surface area contributed by atoms with Crippen molar-refractivity contribution in [2.24, 2.45) is 0 Å². The Bertz CT molecular complexity index is 1400. The van der Waals surface area contributed by atoms with Crippen molar-refractivity contribution in [2.45, 2.75) is 17.7 Å². The first-order valence-corrected chi connectivity index (χ1v) is 10.7. The molecule has 0 aliphatic rings. The van der Waals surface area contributed by atoms with E-state index in [4.69, 9.17) is 0 Å². The second-order valence-corrected chi connectivity index (χ2v) is 7.83. The Hall–Kier alpha value is -3.96. The zero-order valence-corrected chi connectivity index (χ0v) is 17.5. The smallest absolute Gasteiger partial charge is 0.167 e. The fourth-order valence-electron chi connectivity index (χ4n) is 3.47. The standard InChI is InChI=1S/C23H17N7S/c1-16-19(12-24)21(29(28-16)17-8-4-2-5-9-17)14-31-23-20-13-27-30(22(20)25-15-26-23)18-10-6-3-7-11-18/h2-11,13,15H,14H2,1H3. The molecule has 150 valence electrons. The summed E-state index contributed by atoms with van der Waals surface area (Å²) in [6.45, 7) is 1.86. The third-order valence-electron chi connectivity index (χ3n) is 4.94. The molecule has 0 aliphatic carbocycles. The van der Waals surface area contributed by atoms with Crippen LogP contribution >= 0.6 is 11.8 Å². The summed E-state index contributed by atoms with van der Waals surface area (Å²) in [6, 6.07) is 22.0. The molecule has 0 fully saturated rings. The first kappa shape index (κ1) is 19.0. The van der Waals surface area contributed by atoms with Gasteiger partial charge in [0.2, 0.25) is 0 Å². The molecule has 0 saturated heterocycles. The number of hydrogen-bond acceptors (Lipinski definition) is 6. The largest absolute Gasteiger partial charge is 0.235 e. The van der Waals surface area contributed by atoms with Crippen molar-refractivity contribution < 1.29 is 0 Å². The Morgan fingerprint density at radius 2 is 1.61 bits per heavy atom. The van der Waals surface area contributed by atoms with Crippen LogP contribution in [-0.2, 0) is 5.75 Å². The molecule has 0 spiro atoms. The van der Waals surface area contributed by atoms with E-state index in [1.54, 1.807) is 29.0 Å². The van der Waals surface area contributed by atoms with E-state index in [0.717, 1.165) is 33.1 Å². The predicted molar refractivity (Wildman–Crippen MR) is 119 cm³/mol. The van der Waals surface area contributed by atoms with E-state index >= 15 is 0 Å². The third kappa shape index (κ3) is 3.45. The predicted octanol–water partition coefficient (Wildman–Crippen LogP) is 4.47. The molecule has 7 nitrogen and oxygen atoms in total. The molecule has 0 amide bonds. The normalized spacial score (nSPS) is 11.0. The van der Waals surface area contributed by atoms with Crippen molar-refractivity contribution >= 4 is 22.8 Å². The molecular formula is C23H17N7S. The summed E-state index contributed by atoms with van der Waals surface area (Å²) >= 11 is 1.55. The number of para-hydroxylation sites is 2. The molecule has 0 atom stereocenters.